The molecule has 3 aromatic carbocycles. The average Bonchev–Trinajstić information content (AvgIpc) is 3.03. The minimum atomic E-state index is -0.746. The second-order valence-electron chi connectivity index (χ2n) is 11.3. The molecule has 46 heavy (non-hydrogen) atoms. The van der Waals surface area contributed by atoms with Gasteiger partial charge < -0.3 is 29.0 Å². The zero-order valence-corrected chi connectivity index (χ0v) is 27.7. The normalized spacial score (nSPS) is 12.2. The fourth-order valence-corrected chi connectivity index (χ4v) is 5.73. The molecule has 1 atom stereocenters. The molecule has 246 valence electrons. The van der Waals surface area contributed by atoms with Crippen molar-refractivity contribution in [1.82, 2.24) is 14.9 Å². The lowest BCUT2D eigenvalue weighted by Gasteiger charge is -2.19. The molecular formula is C34H41N3O8S. The Bertz CT molecular complexity index is 1680. The van der Waals surface area contributed by atoms with Crippen molar-refractivity contribution < 1.29 is 33.3 Å². The van der Waals surface area contributed by atoms with E-state index in [1.807, 2.05) is 43.3 Å². The number of benzene rings is 3. The third-order valence-electron chi connectivity index (χ3n) is 6.71. The van der Waals surface area contributed by atoms with Crippen molar-refractivity contribution in [3.05, 3.63) is 76.6 Å². The van der Waals surface area contributed by atoms with Gasteiger partial charge in [-0.25, -0.2) is 9.78 Å². The SMILES string of the molecule is CCn1c(SC(C(=O)OC)c2ccc(OCCOCCOCCNC(=O)OC(C)(C)C)cc2)nc2cc3ccccc3cc2c1=O. The van der Waals surface area contributed by atoms with E-state index in [1.165, 1.54) is 18.9 Å². The van der Waals surface area contributed by atoms with Crippen LogP contribution in [-0.4, -0.2) is 73.9 Å². The van der Waals surface area contributed by atoms with Gasteiger partial charge in [0.05, 0.1) is 44.4 Å². The number of ether oxygens (including phenoxy) is 5. The van der Waals surface area contributed by atoms with Crippen LogP contribution in [0.3, 0.4) is 0 Å². The highest BCUT2D eigenvalue weighted by molar-refractivity contribution is 8.00. The zero-order chi connectivity index (χ0) is 33.1. The number of thioether (sulfide) groups is 1. The molecule has 0 saturated carbocycles. The molecule has 0 radical (unpaired) electrons. The fraction of sp³-hybridized carbons (Fsp3) is 0.412. The number of aromatic nitrogens is 2. The predicted octanol–water partition coefficient (Wildman–Crippen LogP) is 5.51. The van der Waals surface area contributed by atoms with E-state index in [2.05, 4.69) is 5.32 Å². The number of carbonyl (C=O) groups excluding carboxylic acids is 2. The summed E-state index contributed by atoms with van der Waals surface area (Å²) in [5, 5.41) is 4.80. The van der Waals surface area contributed by atoms with Crippen LogP contribution in [0.2, 0.25) is 0 Å². The molecule has 11 nitrogen and oxygen atoms in total. The van der Waals surface area contributed by atoms with Crippen LogP contribution in [0.15, 0.2) is 70.6 Å². The Morgan fingerprint density at radius 1 is 0.935 bits per heavy atom. The van der Waals surface area contributed by atoms with E-state index in [0.717, 1.165) is 10.8 Å². The van der Waals surface area contributed by atoms with Gasteiger partial charge in [-0.2, -0.15) is 0 Å². The van der Waals surface area contributed by atoms with Gasteiger partial charge in [-0.3, -0.25) is 14.2 Å². The second-order valence-corrected chi connectivity index (χ2v) is 12.3. The minimum Gasteiger partial charge on any atom is -0.491 e. The van der Waals surface area contributed by atoms with E-state index in [0.29, 0.717) is 73.5 Å². The van der Waals surface area contributed by atoms with E-state index in [-0.39, 0.29) is 5.56 Å². The summed E-state index contributed by atoms with van der Waals surface area (Å²) in [6.07, 6.45) is -0.476. The average molecular weight is 652 g/mol. The molecule has 0 fully saturated rings. The third-order valence-corrected chi connectivity index (χ3v) is 7.93. The van der Waals surface area contributed by atoms with Gasteiger partial charge in [0.15, 0.2) is 5.16 Å². The molecule has 1 amide bonds. The molecule has 0 saturated heterocycles. The predicted molar refractivity (Wildman–Crippen MR) is 178 cm³/mol. The first kappa shape index (κ1) is 34.7. The lowest BCUT2D eigenvalue weighted by molar-refractivity contribution is -0.140. The number of hydrogen-bond donors (Lipinski definition) is 1. The monoisotopic (exact) mass is 651 g/mol. The number of nitrogens with zero attached hydrogens (tertiary/aromatic N) is 2. The Hall–Kier alpha value is -4.13. The summed E-state index contributed by atoms with van der Waals surface area (Å²) in [5.41, 5.74) is 0.570. The molecule has 1 aromatic heterocycles. The Balaban J connectivity index is 1.29. The molecule has 0 spiro atoms. The maximum Gasteiger partial charge on any atom is 0.407 e. The first-order chi connectivity index (χ1) is 22.1. The first-order valence-corrected chi connectivity index (χ1v) is 16.0. The number of hydrogen-bond acceptors (Lipinski definition) is 10. The first-order valence-electron chi connectivity index (χ1n) is 15.1. The van der Waals surface area contributed by atoms with E-state index in [1.54, 1.807) is 49.6 Å². The van der Waals surface area contributed by atoms with Crippen LogP contribution in [0, 0.1) is 0 Å². The molecule has 1 heterocycles. The zero-order valence-electron chi connectivity index (χ0n) is 26.9. The number of amides is 1. The van der Waals surface area contributed by atoms with Crippen LogP contribution in [0.4, 0.5) is 4.79 Å². The molecule has 12 heteroatoms. The van der Waals surface area contributed by atoms with Crippen LogP contribution >= 0.6 is 11.8 Å². The highest BCUT2D eigenvalue weighted by Gasteiger charge is 2.26. The topological polar surface area (TPSA) is 127 Å². The molecule has 1 N–H and O–H groups in total. The van der Waals surface area contributed by atoms with Crippen molar-refractivity contribution in [2.75, 3.05) is 46.7 Å². The molecule has 0 aliphatic carbocycles. The Labute approximate surface area is 272 Å². The smallest absolute Gasteiger partial charge is 0.407 e. The Morgan fingerprint density at radius 3 is 2.24 bits per heavy atom. The van der Waals surface area contributed by atoms with Crippen molar-refractivity contribution in [2.24, 2.45) is 0 Å². The maximum absolute atomic E-state index is 13.5. The molecule has 1 unspecified atom stereocenters. The van der Waals surface area contributed by atoms with E-state index < -0.39 is 22.9 Å². The van der Waals surface area contributed by atoms with Crippen LogP contribution in [-0.2, 0) is 30.3 Å². The van der Waals surface area contributed by atoms with Gasteiger partial charge in [-0.15, -0.1) is 0 Å². The number of fused-ring (bicyclic) bond motifs is 2. The van der Waals surface area contributed by atoms with Gasteiger partial charge in [0.2, 0.25) is 0 Å². The molecular weight excluding hydrogens is 610 g/mol. The van der Waals surface area contributed by atoms with Crippen molar-refractivity contribution in [1.29, 1.82) is 0 Å². The standard InChI is InChI=1S/C34H41N3O8S/c1-6-37-30(38)27-21-24-9-7-8-10-25(24)22-28(27)36-32(37)46-29(31(39)41-5)23-11-13-26(14-12-23)44-20-19-43-18-17-42-16-15-35-33(40)45-34(2,3)4/h7-14,21-22,29H,6,15-20H2,1-5H3,(H,35,40). The summed E-state index contributed by atoms with van der Waals surface area (Å²) in [5.74, 6) is 0.164. The minimum absolute atomic E-state index is 0.155. The quantitative estimate of drug-likeness (QED) is 0.0578. The van der Waals surface area contributed by atoms with Crippen LogP contribution < -0.4 is 15.6 Å². The summed E-state index contributed by atoms with van der Waals surface area (Å²) in [4.78, 5) is 42.8. The fourth-order valence-electron chi connectivity index (χ4n) is 4.54. The molecule has 4 aromatic rings. The van der Waals surface area contributed by atoms with Gasteiger partial charge in [-0.1, -0.05) is 48.2 Å². The summed E-state index contributed by atoms with van der Waals surface area (Å²) in [6.45, 7) is 9.84. The van der Waals surface area contributed by atoms with Gasteiger partial charge in [0, 0.05) is 13.1 Å². The highest BCUT2D eigenvalue weighted by atomic mass is 32.2. The van der Waals surface area contributed by atoms with E-state index in [9.17, 15) is 14.4 Å². The Morgan fingerprint density at radius 2 is 1.59 bits per heavy atom. The largest absolute Gasteiger partial charge is 0.491 e. The number of nitrogens with one attached hydrogen (secondary N) is 1. The molecule has 0 aliphatic heterocycles. The summed E-state index contributed by atoms with van der Waals surface area (Å²) in [7, 11) is 1.34. The number of carbonyl (C=O) groups is 2. The lowest BCUT2D eigenvalue weighted by Crippen LogP contribution is -2.34. The van der Waals surface area contributed by atoms with Crippen LogP contribution in [0.5, 0.6) is 5.75 Å². The molecule has 0 bridgehead atoms. The molecule has 0 aliphatic rings. The molecule has 4 rings (SSSR count). The van der Waals surface area contributed by atoms with Gasteiger partial charge in [-0.05, 0) is 68.3 Å². The van der Waals surface area contributed by atoms with Crippen molar-refractivity contribution >= 4 is 45.5 Å². The third kappa shape index (κ3) is 9.68. The number of esters is 1. The summed E-state index contributed by atoms with van der Waals surface area (Å²) in [6, 6.07) is 18.7. The van der Waals surface area contributed by atoms with Gasteiger partial charge in [0.25, 0.3) is 5.56 Å². The lowest BCUT2D eigenvalue weighted by atomic mass is 10.1. The van der Waals surface area contributed by atoms with Crippen molar-refractivity contribution in [3.63, 3.8) is 0 Å². The summed E-state index contributed by atoms with van der Waals surface area (Å²) < 4.78 is 28.6. The van der Waals surface area contributed by atoms with Gasteiger partial charge in [0.1, 0.15) is 23.2 Å². The van der Waals surface area contributed by atoms with Gasteiger partial charge >= 0.3 is 12.1 Å². The number of methoxy groups -OCH3 is 1. The number of alkyl carbamates (subject to hydrolysis) is 1. The van der Waals surface area contributed by atoms with E-state index >= 15 is 0 Å². The summed E-state index contributed by atoms with van der Waals surface area (Å²) >= 11 is 1.18. The number of rotatable bonds is 15. The highest BCUT2D eigenvalue weighted by Crippen LogP contribution is 2.36. The second kappa shape index (κ2) is 16.4. The van der Waals surface area contributed by atoms with Crippen LogP contribution in [0.25, 0.3) is 21.7 Å². The maximum atomic E-state index is 13.5. The Kier molecular flexibility index (Phi) is 12.4. The van der Waals surface area contributed by atoms with Crippen molar-refractivity contribution in [2.45, 2.75) is 50.2 Å². The van der Waals surface area contributed by atoms with E-state index in [4.69, 9.17) is 28.7 Å². The van der Waals surface area contributed by atoms with Crippen molar-refractivity contribution in [3.8, 4) is 5.75 Å². The van der Waals surface area contributed by atoms with Crippen LogP contribution in [0.1, 0.15) is 38.5 Å².